The normalized spacial score (nSPS) is 13.4. The van der Waals surface area contributed by atoms with E-state index >= 15 is 0 Å². The molecule has 0 fully saturated rings. The summed E-state index contributed by atoms with van der Waals surface area (Å²) >= 11 is 1.83. The van der Waals surface area contributed by atoms with Gasteiger partial charge in [-0.1, -0.05) is 86.6 Å². The summed E-state index contributed by atoms with van der Waals surface area (Å²) in [4.78, 5) is 2.41. The zero-order chi connectivity index (χ0) is 32.9. The summed E-state index contributed by atoms with van der Waals surface area (Å²) in [5.74, 6) is -0.242. The molecule has 10 rings (SSSR count). The van der Waals surface area contributed by atoms with Crippen LogP contribution in [0.1, 0.15) is 25.0 Å². The first-order valence-electron chi connectivity index (χ1n) is 16.7. The molecule has 0 bridgehead atoms. The molecule has 0 radical (unpaired) electrons. The fourth-order valence-electron chi connectivity index (χ4n) is 8.16. The average molecular weight is 651 g/mol. The van der Waals surface area contributed by atoms with Crippen molar-refractivity contribution in [1.29, 1.82) is 0 Å². The van der Waals surface area contributed by atoms with Crippen LogP contribution in [-0.4, -0.2) is 4.57 Å². The van der Waals surface area contributed by atoms with E-state index in [1.54, 1.807) is 12.1 Å². The van der Waals surface area contributed by atoms with Crippen LogP contribution in [0, 0.1) is 5.82 Å². The lowest BCUT2D eigenvalue weighted by Crippen LogP contribution is -2.16. The van der Waals surface area contributed by atoms with Crippen LogP contribution < -0.4 is 4.90 Å². The second-order valence-corrected chi connectivity index (χ2v) is 14.6. The predicted octanol–water partition coefficient (Wildman–Crippen LogP) is 13.1. The molecule has 0 saturated heterocycles. The number of hydrogen-bond acceptors (Lipinski definition) is 2. The van der Waals surface area contributed by atoms with E-state index in [2.05, 4.69) is 151 Å². The Hall–Kier alpha value is -5.71. The molecule has 7 aromatic carbocycles. The Balaban J connectivity index is 1.30. The number of benzene rings is 7. The number of thiophene rings is 1. The van der Waals surface area contributed by atoms with Gasteiger partial charge in [0.2, 0.25) is 0 Å². The molecule has 0 saturated carbocycles. The molecule has 49 heavy (non-hydrogen) atoms. The van der Waals surface area contributed by atoms with Crippen molar-refractivity contribution in [1.82, 2.24) is 4.57 Å². The van der Waals surface area contributed by atoms with Crippen molar-refractivity contribution in [2.45, 2.75) is 19.3 Å². The maximum absolute atomic E-state index is 14.3. The SMILES string of the molecule is CC1(C)c2ccccc2-c2ccc(N(c3ccccc3)c3cccc4c3c3cc5sc6ccccc6c5cc3n4-c3ccc(F)cc3)cc21. The number of fused-ring (bicyclic) bond motifs is 9. The first kappa shape index (κ1) is 28.3. The second-order valence-electron chi connectivity index (χ2n) is 13.5. The summed E-state index contributed by atoms with van der Waals surface area (Å²) in [6, 6.07) is 53.2. The molecular weight excluding hydrogens is 620 g/mol. The van der Waals surface area contributed by atoms with Gasteiger partial charge in [0.25, 0.3) is 0 Å². The van der Waals surface area contributed by atoms with Gasteiger partial charge in [0.15, 0.2) is 0 Å². The van der Waals surface area contributed by atoms with Crippen LogP contribution >= 0.6 is 11.3 Å². The number of nitrogens with zero attached hydrogens (tertiary/aromatic N) is 2. The van der Waals surface area contributed by atoms with Crippen molar-refractivity contribution in [2.24, 2.45) is 0 Å². The van der Waals surface area contributed by atoms with Crippen molar-refractivity contribution in [2.75, 3.05) is 4.90 Å². The highest BCUT2D eigenvalue weighted by Gasteiger charge is 2.36. The molecule has 2 nitrogen and oxygen atoms in total. The lowest BCUT2D eigenvalue weighted by atomic mass is 9.82. The number of aromatic nitrogens is 1. The summed E-state index contributed by atoms with van der Waals surface area (Å²) in [6.07, 6.45) is 0. The zero-order valence-corrected chi connectivity index (χ0v) is 27.9. The predicted molar refractivity (Wildman–Crippen MR) is 206 cm³/mol. The van der Waals surface area contributed by atoms with Crippen LogP contribution in [0.15, 0.2) is 152 Å². The van der Waals surface area contributed by atoms with Crippen LogP contribution in [0.3, 0.4) is 0 Å². The molecular formula is C45H31FN2S. The quantitative estimate of drug-likeness (QED) is 0.184. The van der Waals surface area contributed by atoms with Crippen LogP contribution in [-0.2, 0) is 5.41 Å². The number of para-hydroxylation sites is 1. The topological polar surface area (TPSA) is 8.17 Å². The standard InChI is InChI=1S/C45H31FN2S/c1-45(2)37-15-8-6-13-32(37)33-24-23-31(25-38(33)45)47(29-11-4-3-5-12-29)39-16-10-17-40-44(39)36-27-43-35(34-14-7-9-18-42(34)49-43)26-41(36)48(40)30-21-19-28(46)20-22-30/h3-27H,1-2H3. The molecule has 9 aromatic rings. The van der Waals surface area contributed by atoms with E-state index in [0.29, 0.717) is 0 Å². The van der Waals surface area contributed by atoms with Crippen LogP contribution in [0.5, 0.6) is 0 Å². The highest BCUT2D eigenvalue weighted by molar-refractivity contribution is 7.25. The summed E-state index contributed by atoms with van der Waals surface area (Å²) < 4.78 is 19.1. The molecule has 0 spiro atoms. The van der Waals surface area contributed by atoms with Crippen LogP contribution in [0.2, 0.25) is 0 Å². The maximum Gasteiger partial charge on any atom is 0.123 e. The smallest absolute Gasteiger partial charge is 0.123 e. The Morgan fingerprint density at radius 2 is 1.31 bits per heavy atom. The van der Waals surface area contributed by atoms with Gasteiger partial charge < -0.3 is 9.47 Å². The highest BCUT2D eigenvalue weighted by atomic mass is 32.1. The molecule has 0 amide bonds. The molecule has 0 unspecified atom stereocenters. The van der Waals surface area contributed by atoms with Gasteiger partial charge in [0.1, 0.15) is 5.82 Å². The first-order chi connectivity index (χ1) is 24.0. The lowest BCUT2D eigenvalue weighted by Gasteiger charge is -2.28. The summed E-state index contributed by atoms with van der Waals surface area (Å²) in [6.45, 7) is 4.67. The van der Waals surface area contributed by atoms with Crippen molar-refractivity contribution < 1.29 is 4.39 Å². The Labute approximate surface area is 287 Å². The first-order valence-corrected chi connectivity index (χ1v) is 17.5. The van der Waals surface area contributed by atoms with Gasteiger partial charge >= 0.3 is 0 Å². The molecule has 234 valence electrons. The third-order valence-corrected chi connectivity index (χ3v) is 11.6. The van der Waals surface area contributed by atoms with E-state index < -0.39 is 0 Å². The number of halogens is 1. The van der Waals surface area contributed by atoms with Gasteiger partial charge in [-0.3, -0.25) is 0 Å². The van der Waals surface area contributed by atoms with E-state index in [9.17, 15) is 4.39 Å². The Morgan fingerprint density at radius 1 is 0.551 bits per heavy atom. The van der Waals surface area contributed by atoms with E-state index in [1.165, 1.54) is 47.8 Å². The van der Waals surface area contributed by atoms with E-state index in [4.69, 9.17) is 0 Å². The maximum atomic E-state index is 14.3. The van der Waals surface area contributed by atoms with Crippen molar-refractivity contribution in [3.8, 4) is 16.8 Å². The summed E-state index contributed by atoms with van der Waals surface area (Å²) in [7, 11) is 0. The van der Waals surface area contributed by atoms with E-state index in [0.717, 1.165) is 39.2 Å². The Morgan fingerprint density at radius 3 is 2.16 bits per heavy atom. The van der Waals surface area contributed by atoms with Gasteiger partial charge in [0, 0.05) is 53.4 Å². The number of hydrogen-bond donors (Lipinski definition) is 0. The van der Waals surface area contributed by atoms with E-state index in [-0.39, 0.29) is 11.2 Å². The minimum Gasteiger partial charge on any atom is -0.310 e. The fraction of sp³-hybridized carbons (Fsp3) is 0.0667. The van der Waals surface area contributed by atoms with Gasteiger partial charge in [-0.25, -0.2) is 4.39 Å². The number of anilines is 3. The summed E-state index contributed by atoms with van der Waals surface area (Å²) in [5.41, 5.74) is 11.6. The minimum atomic E-state index is -0.242. The van der Waals surface area contributed by atoms with Crippen molar-refractivity contribution in [3.63, 3.8) is 0 Å². The largest absolute Gasteiger partial charge is 0.310 e. The molecule has 2 aromatic heterocycles. The zero-order valence-electron chi connectivity index (χ0n) is 27.1. The van der Waals surface area contributed by atoms with Gasteiger partial charge in [-0.05, 0) is 101 Å². The molecule has 0 atom stereocenters. The molecule has 1 aliphatic carbocycles. The lowest BCUT2D eigenvalue weighted by molar-refractivity contribution is 0.627. The van der Waals surface area contributed by atoms with E-state index in [1.807, 2.05) is 23.5 Å². The Bertz CT molecular complexity index is 2750. The monoisotopic (exact) mass is 650 g/mol. The molecule has 1 aliphatic rings. The van der Waals surface area contributed by atoms with Crippen molar-refractivity contribution >= 4 is 70.4 Å². The average Bonchev–Trinajstić information content (AvgIpc) is 3.74. The van der Waals surface area contributed by atoms with Crippen molar-refractivity contribution in [3.05, 3.63) is 169 Å². The third-order valence-electron chi connectivity index (χ3n) is 10.4. The molecule has 0 N–H and O–H groups in total. The van der Waals surface area contributed by atoms with Crippen LogP contribution in [0.4, 0.5) is 21.5 Å². The van der Waals surface area contributed by atoms with Gasteiger partial charge in [0.05, 0.1) is 16.7 Å². The molecule has 4 heteroatoms. The summed E-state index contributed by atoms with van der Waals surface area (Å²) in [5, 5.41) is 4.83. The number of rotatable bonds is 4. The van der Waals surface area contributed by atoms with Crippen LogP contribution in [0.25, 0.3) is 58.8 Å². The minimum absolute atomic E-state index is 0.123. The second kappa shape index (κ2) is 10.4. The molecule has 0 aliphatic heterocycles. The third kappa shape index (κ3) is 4.11. The molecule has 2 heterocycles. The fourth-order valence-corrected chi connectivity index (χ4v) is 9.28. The van der Waals surface area contributed by atoms with Gasteiger partial charge in [-0.15, -0.1) is 11.3 Å². The highest BCUT2D eigenvalue weighted by Crippen LogP contribution is 2.52. The van der Waals surface area contributed by atoms with Gasteiger partial charge in [-0.2, -0.15) is 0 Å². The Kier molecular flexibility index (Phi) is 6.01.